The zero-order chi connectivity index (χ0) is 18.3. The highest BCUT2D eigenvalue weighted by Gasteiger charge is 2.34. The number of hydrogen-bond donors (Lipinski definition) is 1. The van der Waals surface area contributed by atoms with E-state index in [9.17, 15) is 9.59 Å². The quantitative estimate of drug-likeness (QED) is 0.893. The lowest BCUT2D eigenvalue weighted by Crippen LogP contribution is -2.53. The number of H-pyrrole nitrogens is 1. The van der Waals surface area contributed by atoms with E-state index in [0.717, 1.165) is 17.8 Å². The smallest absolute Gasteiger partial charge is 0.275 e. The second-order valence-electron chi connectivity index (χ2n) is 7.97. The van der Waals surface area contributed by atoms with Crippen LogP contribution in [0.25, 0.3) is 0 Å². The van der Waals surface area contributed by atoms with E-state index in [0.29, 0.717) is 31.1 Å². The molecule has 142 valence electrons. The molecule has 1 aliphatic carbocycles. The summed E-state index contributed by atoms with van der Waals surface area (Å²) in [5.41, 5.74) is 2.29. The molecule has 2 aliphatic heterocycles. The third-order valence-electron chi connectivity index (χ3n) is 6.00. The highest BCUT2D eigenvalue weighted by Crippen LogP contribution is 2.31. The van der Waals surface area contributed by atoms with Crippen LogP contribution in [0.3, 0.4) is 0 Å². The molecule has 2 atom stereocenters. The van der Waals surface area contributed by atoms with Gasteiger partial charge in [0.15, 0.2) is 5.69 Å². The number of hydrogen-bond acceptors (Lipinski definition) is 4. The lowest BCUT2D eigenvalue weighted by Gasteiger charge is -2.35. The lowest BCUT2D eigenvalue weighted by atomic mass is 9.99. The van der Waals surface area contributed by atoms with Crippen LogP contribution in [0.5, 0.6) is 0 Å². The second-order valence-corrected chi connectivity index (χ2v) is 7.97. The fourth-order valence-electron chi connectivity index (χ4n) is 4.58. The maximum absolute atomic E-state index is 13.0. The van der Waals surface area contributed by atoms with Gasteiger partial charge in [-0.05, 0) is 32.6 Å². The van der Waals surface area contributed by atoms with Gasteiger partial charge in [0.2, 0.25) is 5.91 Å². The Balaban J connectivity index is 1.43. The molecule has 0 radical (unpaired) electrons. The average molecular weight is 360 g/mol. The first-order valence-corrected chi connectivity index (χ1v) is 9.82. The Morgan fingerprint density at radius 2 is 2.04 bits per heavy atom. The Labute approximate surface area is 154 Å². The highest BCUT2D eigenvalue weighted by molar-refractivity contribution is 5.97. The Kier molecular flexibility index (Phi) is 4.73. The van der Waals surface area contributed by atoms with Crippen LogP contribution >= 0.6 is 0 Å². The predicted octanol–water partition coefficient (Wildman–Crippen LogP) is 1.91. The molecule has 0 aromatic carbocycles. The Bertz CT molecular complexity index is 695. The molecule has 3 heterocycles. The summed E-state index contributed by atoms with van der Waals surface area (Å²) in [4.78, 5) is 29.1. The van der Waals surface area contributed by atoms with Crippen molar-refractivity contribution in [3.8, 4) is 0 Å². The normalized spacial score (nSPS) is 27.1. The van der Waals surface area contributed by atoms with Gasteiger partial charge >= 0.3 is 0 Å². The largest absolute Gasteiger partial charge is 0.369 e. The molecule has 2 amide bonds. The van der Waals surface area contributed by atoms with E-state index < -0.39 is 0 Å². The number of fused-ring (bicyclic) bond motifs is 1. The van der Waals surface area contributed by atoms with Gasteiger partial charge in [0.05, 0.1) is 17.9 Å². The van der Waals surface area contributed by atoms with Gasteiger partial charge in [0.25, 0.3) is 5.91 Å². The monoisotopic (exact) mass is 360 g/mol. The van der Waals surface area contributed by atoms with Crippen molar-refractivity contribution in [1.82, 2.24) is 20.0 Å². The van der Waals surface area contributed by atoms with Crippen LogP contribution in [0, 0.1) is 5.92 Å². The predicted molar refractivity (Wildman–Crippen MR) is 95.7 cm³/mol. The molecule has 0 spiro atoms. The van der Waals surface area contributed by atoms with E-state index in [1.54, 1.807) is 4.90 Å². The minimum Gasteiger partial charge on any atom is -0.369 e. The van der Waals surface area contributed by atoms with Crippen molar-refractivity contribution in [2.45, 2.75) is 58.2 Å². The third-order valence-corrected chi connectivity index (χ3v) is 6.00. The van der Waals surface area contributed by atoms with Crippen LogP contribution in [-0.4, -0.2) is 64.1 Å². The van der Waals surface area contributed by atoms with Gasteiger partial charge in [0, 0.05) is 31.6 Å². The van der Waals surface area contributed by atoms with Crippen LogP contribution in [-0.2, 0) is 16.0 Å². The molecule has 3 aliphatic rings. The van der Waals surface area contributed by atoms with Gasteiger partial charge in [-0.1, -0.05) is 12.8 Å². The van der Waals surface area contributed by atoms with E-state index in [1.165, 1.54) is 25.7 Å². The van der Waals surface area contributed by atoms with Crippen molar-refractivity contribution in [3.05, 3.63) is 17.0 Å². The van der Waals surface area contributed by atoms with Crippen molar-refractivity contribution in [2.75, 3.05) is 26.2 Å². The van der Waals surface area contributed by atoms with Gasteiger partial charge < -0.3 is 14.5 Å². The van der Waals surface area contributed by atoms with E-state index in [-0.39, 0.29) is 30.6 Å². The van der Waals surface area contributed by atoms with Crippen LogP contribution < -0.4 is 0 Å². The van der Waals surface area contributed by atoms with Crippen LogP contribution in [0.1, 0.15) is 67.4 Å². The number of ether oxygens (including phenoxy) is 1. The summed E-state index contributed by atoms with van der Waals surface area (Å²) in [6, 6.07) is 0. The number of piperazine rings is 1. The van der Waals surface area contributed by atoms with Crippen LogP contribution in [0.15, 0.2) is 0 Å². The Morgan fingerprint density at radius 1 is 1.27 bits per heavy atom. The molecule has 0 bridgehead atoms. The minimum absolute atomic E-state index is 0.0611. The molecule has 7 nitrogen and oxygen atoms in total. The van der Waals surface area contributed by atoms with Gasteiger partial charge in [-0.25, -0.2) is 0 Å². The first-order valence-electron chi connectivity index (χ1n) is 9.82. The van der Waals surface area contributed by atoms with Gasteiger partial charge in [-0.15, -0.1) is 0 Å². The molecule has 1 saturated carbocycles. The molecule has 0 unspecified atom stereocenters. The molecule has 1 N–H and O–H groups in total. The number of nitrogens with zero attached hydrogens (tertiary/aromatic N) is 3. The lowest BCUT2D eigenvalue weighted by molar-refractivity contribution is -0.135. The average Bonchev–Trinajstić information content (AvgIpc) is 3.25. The fourth-order valence-corrected chi connectivity index (χ4v) is 4.58. The summed E-state index contributed by atoms with van der Waals surface area (Å²) >= 11 is 0. The highest BCUT2D eigenvalue weighted by atomic mass is 16.5. The van der Waals surface area contributed by atoms with Crippen molar-refractivity contribution >= 4 is 11.8 Å². The van der Waals surface area contributed by atoms with Gasteiger partial charge in [0.1, 0.15) is 6.54 Å². The molecule has 1 aromatic rings. The summed E-state index contributed by atoms with van der Waals surface area (Å²) < 4.78 is 5.79. The number of aromatic amines is 1. The van der Waals surface area contributed by atoms with E-state index in [1.807, 2.05) is 18.7 Å². The van der Waals surface area contributed by atoms with Crippen molar-refractivity contribution < 1.29 is 14.3 Å². The summed E-state index contributed by atoms with van der Waals surface area (Å²) in [7, 11) is 0. The number of aromatic nitrogens is 2. The summed E-state index contributed by atoms with van der Waals surface area (Å²) in [6.45, 7) is 6.20. The zero-order valence-corrected chi connectivity index (χ0v) is 15.7. The molecule has 26 heavy (non-hydrogen) atoms. The summed E-state index contributed by atoms with van der Waals surface area (Å²) in [6.07, 6.45) is 5.66. The van der Waals surface area contributed by atoms with Crippen LogP contribution in [0.2, 0.25) is 0 Å². The van der Waals surface area contributed by atoms with Gasteiger partial charge in [-0.2, -0.15) is 5.10 Å². The van der Waals surface area contributed by atoms with E-state index in [4.69, 9.17) is 4.74 Å². The molecule has 1 aromatic heterocycles. The summed E-state index contributed by atoms with van der Waals surface area (Å²) in [5, 5.41) is 7.23. The zero-order valence-electron chi connectivity index (χ0n) is 15.7. The molecule has 7 heteroatoms. The first kappa shape index (κ1) is 17.5. The van der Waals surface area contributed by atoms with Crippen LogP contribution in [0.4, 0.5) is 0 Å². The topological polar surface area (TPSA) is 78.5 Å². The minimum atomic E-state index is -0.141. The number of amides is 2. The summed E-state index contributed by atoms with van der Waals surface area (Å²) in [5.74, 6) is 0.561. The van der Waals surface area contributed by atoms with E-state index >= 15 is 0 Å². The molecule has 1 saturated heterocycles. The SMILES string of the molecule is C[C@@H]1Cc2c(C(=O)N3CCN(CC4CCCC4)C(=O)C3)n[nH]c2[C@H](C)O1. The van der Waals surface area contributed by atoms with Crippen molar-refractivity contribution in [2.24, 2.45) is 5.92 Å². The van der Waals surface area contributed by atoms with Crippen molar-refractivity contribution in [1.29, 1.82) is 0 Å². The molecule has 4 rings (SSSR count). The molecule has 2 fully saturated rings. The number of rotatable bonds is 3. The number of nitrogens with one attached hydrogen (secondary N) is 1. The van der Waals surface area contributed by atoms with Gasteiger partial charge in [-0.3, -0.25) is 14.7 Å². The second kappa shape index (κ2) is 7.02. The Hall–Kier alpha value is -1.89. The van der Waals surface area contributed by atoms with E-state index in [2.05, 4.69) is 10.2 Å². The first-order chi connectivity index (χ1) is 12.5. The maximum atomic E-state index is 13.0. The van der Waals surface area contributed by atoms with Crippen molar-refractivity contribution in [3.63, 3.8) is 0 Å². The molecular formula is C19H28N4O3. The molecular weight excluding hydrogens is 332 g/mol. The number of carbonyl (C=O) groups is 2. The standard InChI is InChI=1S/C19H28N4O3/c1-12-9-15-17(13(2)26-12)20-21-18(15)19(25)23-8-7-22(16(24)11-23)10-14-5-3-4-6-14/h12-14H,3-11H2,1-2H3,(H,20,21)/t12-,13+/m1/s1. The number of carbonyl (C=O) groups excluding carboxylic acids is 2. The Morgan fingerprint density at radius 3 is 2.77 bits per heavy atom. The third kappa shape index (κ3) is 3.24. The maximum Gasteiger partial charge on any atom is 0.275 e. The fraction of sp³-hybridized carbons (Fsp3) is 0.737.